The van der Waals surface area contributed by atoms with Gasteiger partial charge in [-0.1, -0.05) is 12.1 Å². The molecule has 0 aromatic heterocycles. The van der Waals surface area contributed by atoms with Crippen LogP contribution in [0.1, 0.15) is 24.0 Å². The lowest BCUT2D eigenvalue weighted by Crippen LogP contribution is -2.50. The molecule has 0 amide bonds. The molecular weight excluding hydrogens is 220 g/mol. The normalized spacial score (nSPS) is 27.4. The second kappa shape index (κ2) is 4.04. The SMILES string of the molecule is COc1ccc(C2(C(=O)O)CC(O)C2)cc1C. The number of aryl methyl sites for hydroxylation is 1. The summed E-state index contributed by atoms with van der Waals surface area (Å²) in [5.41, 5.74) is 0.733. The van der Waals surface area contributed by atoms with E-state index in [4.69, 9.17) is 4.74 Å². The molecule has 1 aliphatic rings. The van der Waals surface area contributed by atoms with Crippen LogP contribution in [0.25, 0.3) is 0 Å². The first-order valence-electron chi connectivity index (χ1n) is 5.56. The van der Waals surface area contributed by atoms with Gasteiger partial charge in [0, 0.05) is 0 Å². The summed E-state index contributed by atoms with van der Waals surface area (Å²) in [5.74, 6) is -0.124. The molecule has 92 valence electrons. The number of carbonyl (C=O) groups is 1. The van der Waals surface area contributed by atoms with Crippen molar-refractivity contribution < 1.29 is 19.7 Å². The number of hydrogen-bond acceptors (Lipinski definition) is 3. The third-order valence-corrected chi connectivity index (χ3v) is 3.52. The Balaban J connectivity index is 2.39. The standard InChI is InChI=1S/C13H16O4/c1-8-5-9(3-4-11(8)17-2)13(12(15)16)6-10(14)7-13/h3-5,10,14H,6-7H2,1-2H3,(H,15,16). The molecule has 17 heavy (non-hydrogen) atoms. The van der Waals surface area contributed by atoms with Crippen molar-refractivity contribution in [1.29, 1.82) is 0 Å². The van der Waals surface area contributed by atoms with E-state index in [2.05, 4.69) is 0 Å². The van der Waals surface area contributed by atoms with Crippen LogP contribution in [0.3, 0.4) is 0 Å². The van der Waals surface area contributed by atoms with E-state index in [1.807, 2.05) is 13.0 Å². The fraction of sp³-hybridized carbons (Fsp3) is 0.462. The van der Waals surface area contributed by atoms with Gasteiger partial charge in [-0.2, -0.15) is 0 Å². The van der Waals surface area contributed by atoms with Gasteiger partial charge in [0.05, 0.1) is 18.6 Å². The first-order valence-corrected chi connectivity index (χ1v) is 5.56. The molecule has 1 aliphatic carbocycles. The van der Waals surface area contributed by atoms with Crippen molar-refractivity contribution in [2.45, 2.75) is 31.3 Å². The minimum atomic E-state index is -0.920. The second-order valence-electron chi connectivity index (χ2n) is 4.63. The average molecular weight is 236 g/mol. The zero-order valence-electron chi connectivity index (χ0n) is 9.93. The maximum Gasteiger partial charge on any atom is 0.314 e. The van der Waals surface area contributed by atoms with Gasteiger partial charge in [0.1, 0.15) is 5.75 Å². The number of carboxylic acid groups (broad SMARTS) is 1. The topological polar surface area (TPSA) is 66.8 Å². The quantitative estimate of drug-likeness (QED) is 0.834. The van der Waals surface area contributed by atoms with Crippen molar-refractivity contribution in [3.8, 4) is 5.75 Å². The van der Waals surface area contributed by atoms with Crippen LogP contribution in [0.5, 0.6) is 5.75 Å². The van der Waals surface area contributed by atoms with Crippen molar-refractivity contribution in [2.24, 2.45) is 0 Å². The summed E-state index contributed by atoms with van der Waals surface area (Å²) in [7, 11) is 1.59. The van der Waals surface area contributed by atoms with Gasteiger partial charge in [-0.3, -0.25) is 4.79 Å². The van der Waals surface area contributed by atoms with Gasteiger partial charge in [-0.25, -0.2) is 0 Å². The number of benzene rings is 1. The van der Waals surface area contributed by atoms with Gasteiger partial charge < -0.3 is 14.9 Å². The van der Waals surface area contributed by atoms with Crippen molar-refractivity contribution in [2.75, 3.05) is 7.11 Å². The Morgan fingerprint density at radius 3 is 2.53 bits per heavy atom. The maximum atomic E-state index is 11.4. The number of ether oxygens (including phenoxy) is 1. The lowest BCUT2D eigenvalue weighted by Gasteiger charge is -2.42. The van der Waals surface area contributed by atoms with Crippen LogP contribution in [0, 0.1) is 6.92 Å². The monoisotopic (exact) mass is 236 g/mol. The Morgan fingerprint density at radius 1 is 1.47 bits per heavy atom. The summed E-state index contributed by atoms with van der Waals surface area (Å²) in [6.07, 6.45) is 0.0656. The first kappa shape index (κ1) is 11.9. The highest BCUT2D eigenvalue weighted by Gasteiger charge is 2.51. The lowest BCUT2D eigenvalue weighted by atomic mass is 9.62. The Bertz CT molecular complexity index is 447. The highest BCUT2D eigenvalue weighted by atomic mass is 16.5. The van der Waals surface area contributed by atoms with Gasteiger partial charge in [0.2, 0.25) is 0 Å². The molecule has 0 radical (unpaired) electrons. The number of methoxy groups -OCH3 is 1. The summed E-state index contributed by atoms with van der Waals surface area (Å²) in [6.45, 7) is 1.88. The number of rotatable bonds is 3. The Kier molecular flexibility index (Phi) is 2.83. The zero-order chi connectivity index (χ0) is 12.6. The number of carboxylic acids is 1. The average Bonchev–Trinajstić information content (AvgIpc) is 2.24. The third kappa shape index (κ3) is 1.78. The van der Waals surface area contributed by atoms with Crippen LogP contribution < -0.4 is 4.74 Å². The molecule has 0 spiro atoms. The molecule has 1 aromatic rings. The van der Waals surface area contributed by atoms with Crippen LogP contribution in [0.2, 0.25) is 0 Å². The summed E-state index contributed by atoms with van der Waals surface area (Å²) < 4.78 is 5.15. The molecule has 1 fully saturated rings. The first-order chi connectivity index (χ1) is 7.99. The molecule has 4 nitrogen and oxygen atoms in total. The van der Waals surface area contributed by atoms with Crippen molar-refractivity contribution >= 4 is 5.97 Å². The summed E-state index contributed by atoms with van der Waals surface area (Å²) in [4.78, 5) is 11.4. The molecule has 2 N–H and O–H groups in total. The molecule has 0 aliphatic heterocycles. The van der Waals surface area contributed by atoms with Gasteiger partial charge in [0.15, 0.2) is 0 Å². The van der Waals surface area contributed by atoms with Crippen LogP contribution in [-0.2, 0) is 10.2 Å². The van der Waals surface area contributed by atoms with E-state index >= 15 is 0 Å². The molecule has 1 saturated carbocycles. The molecule has 0 atom stereocenters. The number of aliphatic hydroxyl groups is 1. The van der Waals surface area contributed by atoms with Crippen LogP contribution >= 0.6 is 0 Å². The van der Waals surface area contributed by atoms with Gasteiger partial charge in [0.25, 0.3) is 0 Å². The predicted molar refractivity (Wildman–Crippen MR) is 62.3 cm³/mol. The highest BCUT2D eigenvalue weighted by molar-refractivity contribution is 5.83. The zero-order valence-corrected chi connectivity index (χ0v) is 9.93. The molecule has 4 heteroatoms. The molecule has 2 rings (SSSR count). The van der Waals surface area contributed by atoms with Crippen molar-refractivity contribution in [3.05, 3.63) is 29.3 Å². The fourth-order valence-corrected chi connectivity index (χ4v) is 2.45. The van der Waals surface area contributed by atoms with Crippen LogP contribution in [0.15, 0.2) is 18.2 Å². The number of aliphatic carboxylic acids is 1. The smallest absolute Gasteiger partial charge is 0.314 e. The van der Waals surface area contributed by atoms with E-state index in [0.717, 1.165) is 16.9 Å². The minimum absolute atomic E-state index is 0.286. The minimum Gasteiger partial charge on any atom is -0.496 e. The largest absolute Gasteiger partial charge is 0.496 e. The maximum absolute atomic E-state index is 11.4. The van der Waals surface area contributed by atoms with E-state index in [1.165, 1.54) is 0 Å². The molecule has 0 bridgehead atoms. The van der Waals surface area contributed by atoms with E-state index < -0.39 is 17.5 Å². The van der Waals surface area contributed by atoms with Crippen LogP contribution in [0.4, 0.5) is 0 Å². The van der Waals surface area contributed by atoms with Crippen molar-refractivity contribution in [3.63, 3.8) is 0 Å². The van der Waals surface area contributed by atoms with E-state index in [1.54, 1.807) is 19.2 Å². The highest BCUT2D eigenvalue weighted by Crippen LogP contribution is 2.45. The van der Waals surface area contributed by atoms with E-state index in [0.29, 0.717) is 0 Å². The summed E-state index contributed by atoms with van der Waals surface area (Å²) >= 11 is 0. The Hall–Kier alpha value is -1.55. The fourth-order valence-electron chi connectivity index (χ4n) is 2.45. The van der Waals surface area contributed by atoms with Gasteiger partial charge >= 0.3 is 5.97 Å². The van der Waals surface area contributed by atoms with Gasteiger partial charge in [-0.15, -0.1) is 0 Å². The van der Waals surface area contributed by atoms with Crippen LogP contribution in [-0.4, -0.2) is 29.4 Å². The molecular formula is C13H16O4. The molecule has 1 aromatic carbocycles. The molecule has 0 saturated heterocycles. The summed E-state index contributed by atoms with van der Waals surface area (Å²) in [6, 6.07) is 5.38. The van der Waals surface area contributed by atoms with E-state index in [9.17, 15) is 15.0 Å². The second-order valence-corrected chi connectivity index (χ2v) is 4.63. The Labute approximate surface area is 99.8 Å². The Morgan fingerprint density at radius 2 is 2.12 bits per heavy atom. The van der Waals surface area contributed by atoms with Crippen molar-refractivity contribution in [1.82, 2.24) is 0 Å². The predicted octanol–water partition coefficient (Wildman–Crippen LogP) is 1.48. The molecule has 0 heterocycles. The third-order valence-electron chi connectivity index (χ3n) is 3.52. The molecule has 0 unspecified atom stereocenters. The van der Waals surface area contributed by atoms with Gasteiger partial charge in [-0.05, 0) is 37.0 Å². The van der Waals surface area contributed by atoms with E-state index in [-0.39, 0.29) is 12.8 Å². The number of hydrogen-bond donors (Lipinski definition) is 2. The summed E-state index contributed by atoms with van der Waals surface area (Å²) in [5, 5.41) is 18.7. The number of aliphatic hydroxyl groups excluding tert-OH is 1. The lowest BCUT2D eigenvalue weighted by molar-refractivity contribution is -0.152.